The van der Waals surface area contributed by atoms with E-state index < -0.39 is 11.1 Å². The van der Waals surface area contributed by atoms with Gasteiger partial charge in [0.2, 0.25) is 11.8 Å². The highest BCUT2D eigenvalue weighted by Crippen LogP contribution is 2.38. The molecule has 0 amide bonds. The lowest BCUT2D eigenvalue weighted by molar-refractivity contribution is 0.472. The van der Waals surface area contributed by atoms with Crippen molar-refractivity contribution in [1.82, 2.24) is 9.97 Å². The van der Waals surface area contributed by atoms with Gasteiger partial charge in [0, 0.05) is 9.79 Å². The molecule has 0 aliphatic rings. The second-order valence-corrected chi connectivity index (χ2v) is 9.25. The Balaban J connectivity index is 1.38. The number of rotatable bonds is 4. The molecule has 9 heteroatoms. The first kappa shape index (κ1) is 22.6. The molecule has 8 nitrogen and oxygen atoms in total. The zero-order chi connectivity index (χ0) is 25.5. The summed E-state index contributed by atoms with van der Waals surface area (Å²) in [4.78, 5) is 34.3. The Hall–Kier alpha value is -4.89. The summed E-state index contributed by atoms with van der Waals surface area (Å²) in [6.07, 6.45) is 0. The smallest absolute Gasteiger partial charge is 0.284 e. The Labute approximate surface area is 212 Å². The van der Waals surface area contributed by atoms with Gasteiger partial charge in [-0.2, -0.15) is 9.97 Å². The first-order valence-corrected chi connectivity index (χ1v) is 11.9. The predicted octanol–water partition coefficient (Wildman–Crippen LogP) is 5.59. The summed E-state index contributed by atoms with van der Waals surface area (Å²) in [6.45, 7) is 0. The summed E-state index contributed by atoms with van der Waals surface area (Å²) in [5, 5.41) is 21.6. The van der Waals surface area contributed by atoms with Crippen molar-refractivity contribution < 1.29 is 19.0 Å². The van der Waals surface area contributed by atoms with E-state index in [4.69, 9.17) is 8.83 Å². The van der Waals surface area contributed by atoms with Crippen LogP contribution in [0.4, 0.5) is 0 Å². The molecule has 0 aliphatic heterocycles. The molecule has 0 bridgehead atoms. The molecule has 0 radical (unpaired) electrons. The van der Waals surface area contributed by atoms with E-state index in [1.807, 2.05) is 0 Å². The maximum absolute atomic E-state index is 12.5. The van der Waals surface area contributed by atoms with E-state index in [1.54, 1.807) is 72.8 Å². The molecule has 2 N–H and O–H groups in total. The van der Waals surface area contributed by atoms with E-state index >= 15 is 0 Å². The molecule has 0 aliphatic carbocycles. The van der Waals surface area contributed by atoms with Gasteiger partial charge in [-0.25, -0.2) is 0 Å². The van der Waals surface area contributed by atoms with Gasteiger partial charge in [-0.1, -0.05) is 36.0 Å². The lowest BCUT2D eigenvalue weighted by atomic mass is 10.2. The fourth-order valence-electron chi connectivity index (χ4n) is 3.89. The average Bonchev–Trinajstić information content (AvgIpc) is 2.91. The molecule has 0 saturated carbocycles. The van der Waals surface area contributed by atoms with Gasteiger partial charge in [0.1, 0.15) is 22.7 Å². The van der Waals surface area contributed by atoms with E-state index in [-0.39, 0.29) is 34.4 Å². The van der Waals surface area contributed by atoms with Crippen LogP contribution in [0.2, 0.25) is 0 Å². The Morgan fingerprint density at radius 1 is 0.595 bits per heavy atom. The largest absolute Gasteiger partial charge is 0.507 e. The first-order chi connectivity index (χ1) is 18.0. The van der Waals surface area contributed by atoms with Gasteiger partial charge >= 0.3 is 0 Å². The zero-order valence-corrected chi connectivity index (χ0v) is 19.7. The molecule has 6 aromatic rings. The van der Waals surface area contributed by atoms with Crippen molar-refractivity contribution in [3.63, 3.8) is 0 Å². The molecule has 2 aromatic heterocycles. The highest BCUT2D eigenvalue weighted by Gasteiger charge is 2.16. The van der Waals surface area contributed by atoms with Crippen LogP contribution < -0.4 is 11.1 Å². The van der Waals surface area contributed by atoms with Gasteiger partial charge in [-0.3, -0.25) is 9.59 Å². The standard InChI is InChI=1S/C28H16N2O6S/c31-21-11-9-15(13-19(21)27-29-25(33)17-5-1-3-7-23(17)35-27)37-16-10-12-22(32)20(14-16)28-30-26(34)18-6-2-4-8-24(18)36-28/h1-14,31-32H. The molecule has 0 atom stereocenters. The Morgan fingerprint density at radius 2 is 1.03 bits per heavy atom. The Kier molecular flexibility index (Phi) is 5.46. The third-order valence-corrected chi connectivity index (χ3v) is 6.67. The van der Waals surface area contributed by atoms with Gasteiger partial charge in [0.15, 0.2) is 0 Å². The van der Waals surface area contributed by atoms with Crippen molar-refractivity contribution in [1.29, 1.82) is 0 Å². The van der Waals surface area contributed by atoms with Crippen LogP contribution in [0, 0.1) is 0 Å². The zero-order valence-electron chi connectivity index (χ0n) is 18.9. The number of aromatic hydroxyl groups is 2. The normalized spacial score (nSPS) is 11.2. The monoisotopic (exact) mass is 508 g/mol. The van der Waals surface area contributed by atoms with Gasteiger partial charge in [-0.15, -0.1) is 0 Å². The van der Waals surface area contributed by atoms with Crippen LogP contribution in [-0.2, 0) is 0 Å². The molecular formula is C28H16N2O6S. The number of benzene rings is 4. The van der Waals surface area contributed by atoms with Crippen molar-refractivity contribution in [3.8, 4) is 34.4 Å². The number of hydrogen-bond donors (Lipinski definition) is 2. The maximum Gasteiger partial charge on any atom is 0.284 e. The van der Waals surface area contributed by atoms with E-state index in [1.165, 1.54) is 23.9 Å². The van der Waals surface area contributed by atoms with E-state index in [2.05, 4.69) is 9.97 Å². The van der Waals surface area contributed by atoms with Crippen LogP contribution in [0.25, 0.3) is 44.8 Å². The lowest BCUT2D eigenvalue weighted by Gasteiger charge is -2.09. The molecule has 6 rings (SSSR count). The quantitative estimate of drug-likeness (QED) is 0.313. The van der Waals surface area contributed by atoms with Gasteiger partial charge in [0.05, 0.1) is 21.9 Å². The molecule has 2 heterocycles. The van der Waals surface area contributed by atoms with E-state index in [0.29, 0.717) is 31.7 Å². The van der Waals surface area contributed by atoms with E-state index in [0.717, 1.165) is 0 Å². The maximum atomic E-state index is 12.5. The number of phenolic OH excluding ortho intramolecular Hbond substituents is 2. The van der Waals surface area contributed by atoms with Crippen LogP contribution >= 0.6 is 11.8 Å². The lowest BCUT2D eigenvalue weighted by Crippen LogP contribution is -2.07. The Bertz CT molecular complexity index is 1810. The summed E-state index contributed by atoms with van der Waals surface area (Å²) in [5.41, 5.74) is 0.330. The van der Waals surface area contributed by atoms with Gasteiger partial charge in [-0.05, 0) is 60.7 Å². The van der Waals surface area contributed by atoms with Gasteiger partial charge < -0.3 is 19.0 Å². The van der Waals surface area contributed by atoms with Crippen LogP contribution in [0.1, 0.15) is 0 Å². The Morgan fingerprint density at radius 3 is 1.49 bits per heavy atom. The second kappa shape index (κ2) is 8.96. The van der Waals surface area contributed by atoms with Crippen molar-refractivity contribution in [2.45, 2.75) is 9.79 Å². The molecule has 180 valence electrons. The molecular weight excluding hydrogens is 492 g/mol. The van der Waals surface area contributed by atoms with Crippen LogP contribution in [0.5, 0.6) is 11.5 Å². The van der Waals surface area contributed by atoms with Crippen LogP contribution in [-0.4, -0.2) is 20.2 Å². The summed E-state index contributed by atoms with van der Waals surface area (Å²) in [7, 11) is 0. The van der Waals surface area contributed by atoms with Crippen molar-refractivity contribution >= 4 is 33.7 Å². The summed E-state index contributed by atoms with van der Waals surface area (Å²) >= 11 is 1.32. The topological polar surface area (TPSA) is 127 Å². The third kappa shape index (κ3) is 4.21. The molecule has 0 fully saturated rings. The first-order valence-electron chi connectivity index (χ1n) is 11.1. The summed E-state index contributed by atoms with van der Waals surface area (Å²) in [6, 6.07) is 23.2. The molecule has 0 unspecified atom stereocenters. The number of aromatic nitrogens is 2. The van der Waals surface area contributed by atoms with Crippen LogP contribution in [0.15, 0.2) is 113 Å². The fraction of sp³-hybridized carbons (Fsp3) is 0. The van der Waals surface area contributed by atoms with Crippen molar-refractivity contribution in [3.05, 3.63) is 106 Å². The average molecular weight is 509 g/mol. The van der Waals surface area contributed by atoms with Gasteiger partial charge in [0.25, 0.3) is 11.1 Å². The number of hydrogen-bond acceptors (Lipinski definition) is 9. The third-order valence-electron chi connectivity index (χ3n) is 5.69. The minimum atomic E-state index is -0.457. The highest BCUT2D eigenvalue weighted by molar-refractivity contribution is 7.99. The fourth-order valence-corrected chi connectivity index (χ4v) is 4.79. The molecule has 4 aromatic carbocycles. The number of para-hydroxylation sites is 2. The van der Waals surface area contributed by atoms with Crippen molar-refractivity contribution in [2.24, 2.45) is 0 Å². The highest BCUT2D eigenvalue weighted by atomic mass is 32.2. The number of phenols is 2. The SMILES string of the molecule is O=c1nc(-c2cc(Sc3ccc(O)c(-c4nc(=O)c5ccccc5o4)c3)ccc2O)oc2ccccc12. The second-order valence-electron chi connectivity index (χ2n) is 8.10. The van der Waals surface area contributed by atoms with Crippen LogP contribution in [0.3, 0.4) is 0 Å². The molecule has 0 saturated heterocycles. The minimum Gasteiger partial charge on any atom is -0.507 e. The molecule has 37 heavy (non-hydrogen) atoms. The summed E-state index contributed by atoms with van der Waals surface area (Å²) < 4.78 is 11.6. The van der Waals surface area contributed by atoms with Crippen molar-refractivity contribution in [2.75, 3.05) is 0 Å². The summed E-state index contributed by atoms with van der Waals surface area (Å²) in [5.74, 6) is -0.193. The predicted molar refractivity (Wildman–Crippen MR) is 139 cm³/mol. The minimum absolute atomic E-state index is 0.00261. The van der Waals surface area contributed by atoms with E-state index in [9.17, 15) is 19.8 Å². The number of fused-ring (bicyclic) bond motifs is 2. The molecule has 0 spiro atoms. The number of nitrogens with zero attached hydrogens (tertiary/aromatic N) is 2.